The van der Waals surface area contributed by atoms with Gasteiger partial charge in [-0.2, -0.15) is 0 Å². The highest BCUT2D eigenvalue weighted by molar-refractivity contribution is 5.82. The van der Waals surface area contributed by atoms with Gasteiger partial charge in [0.05, 0.1) is 68.7 Å². The zero-order valence-corrected chi connectivity index (χ0v) is 33.8. The Labute approximate surface area is 352 Å². The lowest BCUT2D eigenvalue weighted by molar-refractivity contribution is -0.348. The Morgan fingerprint density at radius 3 is 2.13 bits per heavy atom. The lowest BCUT2D eigenvalue weighted by Gasteiger charge is -2.52. The fourth-order valence-corrected chi connectivity index (χ4v) is 9.90. The second-order valence-corrected chi connectivity index (χ2v) is 18.0. The highest BCUT2D eigenvalue weighted by Gasteiger charge is 2.56. The molecule has 12 N–H and O–H groups in total. The Morgan fingerprint density at radius 2 is 1.41 bits per heavy atom. The third-order valence-corrected chi connectivity index (χ3v) is 13.7. The van der Waals surface area contributed by atoms with Crippen molar-refractivity contribution in [2.75, 3.05) is 26.4 Å². The average Bonchev–Trinajstić information content (AvgIpc) is 3.52. The predicted octanol–water partition coefficient (Wildman–Crippen LogP) is -4.43. The van der Waals surface area contributed by atoms with Crippen LogP contribution in [0.2, 0.25) is 0 Å². The van der Waals surface area contributed by atoms with Gasteiger partial charge in [-0.1, -0.05) is 6.08 Å². The molecule has 21 heteroatoms. The summed E-state index contributed by atoms with van der Waals surface area (Å²) in [6.07, 6.45) is -17.2. The van der Waals surface area contributed by atoms with E-state index < -0.39 is 154 Å². The van der Waals surface area contributed by atoms with Crippen molar-refractivity contribution in [2.24, 2.45) is 17.8 Å². The molecule has 4 heterocycles. The van der Waals surface area contributed by atoms with Crippen LogP contribution in [0.25, 0.3) is 0 Å². The van der Waals surface area contributed by atoms with E-state index >= 15 is 0 Å². The normalized spacial score (nSPS) is 51.0. The summed E-state index contributed by atoms with van der Waals surface area (Å²) in [6.45, 7) is -2.28. The summed E-state index contributed by atoms with van der Waals surface area (Å²) in [6, 6.07) is 0. The van der Waals surface area contributed by atoms with E-state index in [-0.39, 0.29) is 50.0 Å². The lowest BCUT2D eigenvalue weighted by Crippen LogP contribution is -2.63. The van der Waals surface area contributed by atoms with Gasteiger partial charge in [-0.15, -0.1) is 0 Å². The van der Waals surface area contributed by atoms with Crippen LogP contribution in [0.15, 0.2) is 12.2 Å². The van der Waals surface area contributed by atoms with Crippen molar-refractivity contribution < 1.29 is 104 Å². The molecular weight excluding hydrogens is 816 g/mol. The molecule has 0 radical (unpaired) electrons. The zero-order chi connectivity index (χ0) is 43.7. The maximum atomic E-state index is 12.5. The van der Waals surface area contributed by atoms with E-state index in [1.807, 2.05) is 0 Å². The van der Waals surface area contributed by atoms with Gasteiger partial charge in [-0.3, -0.25) is 0 Å². The number of aliphatic hydroxyl groups is 12. The van der Waals surface area contributed by atoms with Crippen LogP contribution in [0, 0.1) is 17.8 Å². The minimum absolute atomic E-state index is 0.0405. The molecule has 0 aromatic rings. The monoisotopic (exact) mass is 880 g/mol. The maximum absolute atomic E-state index is 12.5. The number of hydrogen-bond acceptors (Lipinski definition) is 21. The zero-order valence-electron chi connectivity index (χ0n) is 33.8. The summed E-state index contributed by atoms with van der Waals surface area (Å²) in [5.74, 6) is -1.62. The number of aliphatic hydroxyl groups excluding tert-OH is 11. The van der Waals surface area contributed by atoms with E-state index in [1.54, 1.807) is 6.08 Å². The fraction of sp³-hybridized carbons (Fsp3) is 0.925. The molecule has 0 spiro atoms. The van der Waals surface area contributed by atoms with Gasteiger partial charge in [0.25, 0.3) is 0 Å². The van der Waals surface area contributed by atoms with Crippen molar-refractivity contribution in [3.63, 3.8) is 0 Å². The van der Waals surface area contributed by atoms with Gasteiger partial charge in [-0.25, -0.2) is 4.79 Å². The second kappa shape index (κ2) is 20.3. The first-order chi connectivity index (χ1) is 29.0. The molecule has 0 bridgehead atoms. The van der Waals surface area contributed by atoms with Crippen LogP contribution in [-0.4, -0.2) is 216 Å². The molecule has 0 aromatic carbocycles. The molecule has 7 fully saturated rings. The fourth-order valence-electron chi connectivity index (χ4n) is 9.90. The minimum Gasteiger partial charge on any atom is -0.459 e. The standard InChI is InChI=1S/C40H64O21/c41-13-28-31(49)32(50)33(51)37(60-28)58-26-11-20(43)10-25-21(26)12-27(34(57-25)18-4-7-22(44)23(45)9-18)59-38-35(30(48)24(46)14-54-38)61-39-36(52)40(53,16-56-39)15-55-29(47)8-3-17-1-5-19(42)6-2-17/h3,8,17-28,30-39,41-46,48-53H,1-2,4-7,9-16H2/t17?,18?,19?,20?,21?,22?,23?,24-,25?,26?,27?,28-,30+,31-,32+,33-,34?,35-,36+,37-,38+,39+,40-/m1/s1. The van der Waals surface area contributed by atoms with Crippen molar-refractivity contribution in [1.82, 2.24) is 0 Å². The molecule has 0 amide bonds. The molecule has 21 atom stereocenters. The number of hydrogen-bond donors (Lipinski definition) is 12. The first-order valence-electron chi connectivity index (χ1n) is 21.5. The summed E-state index contributed by atoms with van der Waals surface area (Å²) in [5.41, 5.74) is -2.12. The van der Waals surface area contributed by atoms with Gasteiger partial charge in [0, 0.05) is 18.4 Å². The van der Waals surface area contributed by atoms with Crippen molar-refractivity contribution in [3.8, 4) is 0 Å². The van der Waals surface area contributed by atoms with Crippen molar-refractivity contribution >= 4 is 5.97 Å². The van der Waals surface area contributed by atoms with Crippen molar-refractivity contribution in [2.45, 2.75) is 186 Å². The van der Waals surface area contributed by atoms with Gasteiger partial charge >= 0.3 is 5.97 Å². The topological polar surface area (TPSA) is 334 Å². The Bertz CT molecular complexity index is 1450. The number of ether oxygens (including phenoxy) is 8. The quantitative estimate of drug-likeness (QED) is 0.0650. The van der Waals surface area contributed by atoms with Gasteiger partial charge in [0.15, 0.2) is 24.5 Å². The second-order valence-electron chi connectivity index (χ2n) is 18.0. The molecule has 3 aliphatic carbocycles. The van der Waals surface area contributed by atoms with Crippen molar-refractivity contribution in [3.05, 3.63) is 12.2 Å². The first-order valence-corrected chi connectivity index (χ1v) is 21.5. The molecule has 21 nitrogen and oxygen atoms in total. The Kier molecular flexibility index (Phi) is 15.8. The largest absolute Gasteiger partial charge is 0.459 e. The highest BCUT2D eigenvalue weighted by Crippen LogP contribution is 2.45. The molecule has 4 aliphatic heterocycles. The Hall–Kier alpha value is -1.55. The van der Waals surface area contributed by atoms with Crippen LogP contribution in [0.5, 0.6) is 0 Å². The number of esters is 1. The van der Waals surface area contributed by atoms with Crippen molar-refractivity contribution in [1.29, 1.82) is 0 Å². The maximum Gasteiger partial charge on any atom is 0.330 e. The van der Waals surface area contributed by atoms with Gasteiger partial charge in [-0.05, 0) is 69.6 Å². The molecule has 3 saturated carbocycles. The first kappa shape index (κ1) is 47.4. The summed E-state index contributed by atoms with van der Waals surface area (Å²) >= 11 is 0. The lowest BCUT2D eigenvalue weighted by atomic mass is 9.72. The van der Waals surface area contributed by atoms with E-state index in [0.29, 0.717) is 32.1 Å². The number of carbonyl (C=O) groups is 1. The van der Waals surface area contributed by atoms with Crippen LogP contribution in [0.3, 0.4) is 0 Å². The van der Waals surface area contributed by atoms with Gasteiger partial charge in [0.2, 0.25) is 0 Å². The van der Waals surface area contributed by atoms with E-state index in [0.717, 1.165) is 0 Å². The van der Waals surface area contributed by atoms with Crippen LogP contribution in [0.4, 0.5) is 0 Å². The number of rotatable bonds is 12. The summed E-state index contributed by atoms with van der Waals surface area (Å²) in [4.78, 5) is 12.5. The predicted molar refractivity (Wildman–Crippen MR) is 200 cm³/mol. The number of allylic oxidation sites excluding steroid dienone is 1. The average molecular weight is 881 g/mol. The summed E-state index contributed by atoms with van der Waals surface area (Å²) in [7, 11) is 0. The van der Waals surface area contributed by atoms with Crippen LogP contribution in [-0.2, 0) is 42.7 Å². The van der Waals surface area contributed by atoms with Gasteiger partial charge in [0.1, 0.15) is 55.4 Å². The smallest absolute Gasteiger partial charge is 0.330 e. The molecule has 7 rings (SSSR count). The van der Waals surface area contributed by atoms with E-state index in [4.69, 9.17) is 37.9 Å². The Balaban J connectivity index is 1.05. The molecular formula is C40H64O21. The van der Waals surface area contributed by atoms with E-state index in [9.17, 15) is 66.1 Å². The molecule has 7 aliphatic rings. The van der Waals surface area contributed by atoms with E-state index in [1.165, 1.54) is 6.08 Å². The minimum atomic E-state index is -2.12. The highest BCUT2D eigenvalue weighted by atomic mass is 16.8. The Morgan fingerprint density at radius 1 is 0.672 bits per heavy atom. The third kappa shape index (κ3) is 10.8. The SMILES string of the molecule is O=C(C=CC1CCC(O)CC1)OC[C@@]1(O)CO[C@@H](O[C@H]2[C@H](OC3CC4C(CC(O)CC4O[C@@H]4O[C@H](CO)[C@@H](O)[C@H](O)[C@H]4O)OC3C3CCC(O)C(O)C3)OC[C@@H](O)[C@@H]2O)[C@@H]1O. The van der Waals surface area contributed by atoms with Gasteiger partial charge < -0.3 is 99.2 Å². The molecule has 4 saturated heterocycles. The summed E-state index contributed by atoms with van der Waals surface area (Å²) in [5, 5.41) is 127. The van der Waals surface area contributed by atoms with Crippen LogP contribution in [0.1, 0.15) is 64.2 Å². The number of carbonyl (C=O) groups excluding carboxylic acids is 1. The molecule has 9 unspecified atom stereocenters. The molecule has 61 heavy (non-hydrogen) atoms. The van der Waals surface area contributed by atoms with Crippen LogP contribution >= 0.6 is 0 Å². The summed E-state index contributed by atoms with van der Waals surface area (Å²) < 4.78 is 47.7. The molecule has 350 valence electrons. The third-order valence-electron chi connectivity index (χ3n) is 13.7. The number of fused-ring (bicyclic) bond motifs is 1. The van der Waals surface area contributed by atoms with E-state index in [2.05, 4.69) is 0 Å². The van der Waals surface area contributed by atoms with Crippen LogP contribution < -0.4 is 0 Å². The molecule has 0 aromatic heterocycles.